The molecule has 124 valence electrons. The molecule has 1 aromatic heterocycles. The molecule has 6 nitrogen and oxygen atoms in total. The lowest BCUT2D eigenvalue weighted by Gasteiger charge is -2.27. The van der Waals surface area contributed by atoms with E-state index in [1.54, 1.807) is 4.90 Å². The second kappa shape index (κ2) is 6.20. The Hall–Kier alpha value is -1.47. The number of fused-ring (bicyclic) bond motifs is 2. The van der Waals surface area contributed by atoms with Crippen molar-refractivity contribution < 1.29 is 9.59 Å². The summed E-state index contributed by atoms with van der Waals surface area (Å²) in [5.74, 6) is 0.333. The average Bonchev–Trinajstić information content (AvgIpc) is 3.18. The lowest BCUT2D eigenvalue weighted by molar-refractivity contribution is -0.133. The van der Waals surface area contributed by atoms with Crippen LogP contribution in [0.15, 0.2) is 5.38 Å². The molecule has 3 aliphatic rings. The van der Waals surface area contributed by atoms with E-state index >= 15 is 0 Å². The van der Waals surface area contributed by atoms with E-state index in [-0.39, 0.29) is 11.8 Å². The molecule has 3 saturated heterocycles. The third kappa shape index (κ3) is 2.87. The summed E-state index contributed by atoms with van der Waals surface area (Å²) >= 11 is 1.47. The van der Waals surface area contributed by atoms with Crippen molar-refractivity contribution in [3.8, 4) is 0 Å². The Morgan fingerprint density at radius 3 is 3.04 bits per heavy atom. The van der Waals surface area contributed by atoms with Gasteiger partial charge in [-0.3, -0.25) is 14.5 Å². The first kappa shape index (κ1) is 15.1. The maximum absolute atomic E-state index is 12.8. The Morgan fingerprint density at radius 2 is 2.22 bits per heavy atom. The molecule has 1 aromatic rings. The highest BCUT2D eigenvalue weighted by atomic mass is 32.1. The van der Waals surface area contributed by atoms with Crippen LogP contribution in [0.2, 0.25) is 0 Å². The summed E-state index contributed by atoms with van der Waals surface area (Å²) in [6, 6.07) is 0.731. The Morgan fingerprint density at radius 1 is 1.35 bits per heavy atom. The van der Waals surface area contributed by atoms with Gasteiger partial charge in [-0.15, -0.1) is 11.3 Å². The van der Waals surface area contributed by atoms with Crippen LogP contribution in [0.5, 0.6) is 0 Å². The summed E-state index contributed by atoms with van der Waals surface area (Å²) in [6.45, 7) is 2.66. The van der Waals surface area contributed by atoms with Crippen LogP contribution in [0.3, 0.4) is 0 Å². The van der Waals surface area contributed by atoms with E-state index < -0.39 is 0 Å². The molecule has 1 N–H and O–H groups in total. The van der Waals surface area contributed by atoms with Crippen LogP contribution in [-0.4, -0.2) is 53.4 Å². The van der Waals surface area contributed by atoms with Gasteiger partial charge in [-0.25, -0.2) is 4.98 Å². The summed E-state index contributed by atoms with van der Waals surface area (Å²) in [4.78, 5) is 32.9. The average molecular weight is 334 g/mol. The fraction of sp³-hybridized carbons (Fsp3) is 0.688. The van der Waals surface area contributed by atoms with Gasteiger partial charge in [0.05, 0.1) is 12.1 Å². The number of amides is 2. The number of nitrogens with one attached hydrogen (secondary N) is 1. The molecule has 3 aliphatic heterocycles. The van der Waals surface area contributed by atoms with Crippen molar-refractivity contribution in [2.75, 3.05) is 24.5 Å². The highest BCUT2D eigenvalue weighted by molar-refractivity contribution is 7.14. The molecule has 4 rings (SSSR count). The van der Waals surface area contributed by atoms with E-state index in [4.69, 9.17) is 0 Å². The predicted molar refractivity (Wildman–Crippen MR) is 88.5 cm³/mol. The fourth-order valence-corrected chi connectivity index (χ4v) is 4.86. The summed E-state index contributed by atoms with van der Waals surface area (Å²) < 4.78 is 0. The molecular formula is C16H22N4O2S. The quantitative estimate of drug-likeness (QED) is 0.901. The molecule has 2 bridgehead atoms. The van der Waals surface area contributed by atoms with Gasteiger partial charge in [-0.05, 0) is 32.2 Å². The van der Waals surface area contributed by atoms with Gasteiger partial charge in [0.1, 0.15) is 0 Å². The minimum absolute atomic E-state index is 0.147. The molecule has 0 radical (unpaired) electrons. The van der Waals surface area contributed by atoms with Crippen molar-refractivity contribution in [3.63, 3.8) is 0 Å². The highest BCUT2D eigenvalue weighted by Gasteiger charge is 2.38. The SMILES string of the molecule is O=C1CCCN1c1nc(CC(=O)N2C3CCNCC2CC3)cs1. The minimum Gasteiger partial charge on any atom is -0.335 e. The van der Waals surface area contributed by atoms with Gasteiger partial charge in [0.25, 0.3) is 0 Å². The molecule has 0 aliphatic carbocycles. The van der Waals surface area contributed by atoms with Gasteiger partial charge < -0.3 is 10.2 Å². The summed E-state index contributed by atoms with van der Waals surface area (Å²) in [5.41, 5.74) is 0.798. The normalized spacial score (nSPS) is 27.6. The third-order valence-corrected chi connectivity index (χ3v) is 6.03. The van der Waals surface area contributed by atoms with Crippen LogP contribution in [0.1, 0.15) is 37.8 Å². The first-order valence-corrected chi connectivity index (χ1v) is 9.37. The zero-order valence-electron chi connectivity index (χ0n) is 13.2. The van der Waals surface area contributed by atoms with E-state index in [9.17, 15) is 9.59 Å². The lowest BCUT2D eigenvalue weighted by atomic mass is 10.1. The zero-order chi connectivity index (χ0) is 15.8. The molecule has 7 heteroatoms. The van der Waals surface area contributed by atoms with Crippen LogP contribution >= 0.6 is 11.3 Å². The summed E-state index contributed by atoms with van der Waals surface area (Å²) in [5, 5.41) is 6.10. The van der Waals surface area contributed by atoms with Crippen molar-refractivity contribution in [2.24, 2.45) is 0 Å². The van der Waals surface area contributed by atoms with Crippen LogP contribution in [0.4, 0.5) is 5.13 Å². The number of carbonyl (C=O) groups excluding carboxylic acids is 2. The summed E-state index contributed by atoms with van der Waals surface area (Å²) in [6.07, 6.45) is 5.14. The van der Waals surface area contributed by atoms with Gasteiger partial charge in [0.15, 0.2) is 5.13 Å². The molecule has 2 atom stereocenters. The third-order valence-electron chi connectivity index (χ3n) is 5.12. The standard InChI is InChI=1S/C16H22N4O2S/c21-14-2-1-7-19(14)16-18-11(10-23-16)8-15(22)20-12-3-4-13(20)9-17-6-5-12/h10,12-13,17H,1-9H2. The van der Waals surface area contributed by atoms with Crippen LogP contribution < -0.4 is 10.2 Å². The van der Waals surface area contributed by atoms with E-state index in [0.29, 0.717) is 24.9 Å². The number of nitrogens with zero attached hydrogens (tertiary/aromatic N) is 3. The van der Waals surface area contributed by atoms with Crippen molar-refractivity contribution in [3.05, 3.63) is 11.1 Å². The van der Waals surface area contributed by atoms with Crippen molar-refractivity contribution >= 4 is 28.3 Å². The number of anilines is 1. The van der Waals surface area contributed by atoms with Crippen LogP contribution in [0.25, 0.3) is 0 Å². The molecule has 3 fully saturated rings. The molecular weight excluding hydrogens is 312 g/mol. The van der Waals surface area contributed by atoms with Crippen LogP contribution in [0, 0.1) is 0 Å². The number of hydrogen-bond acceptors (Lipinski definition) is 5. The molecule has 4 heterocycles. The maximum Gasteiger partial charge on any atom is 0.229 e. The number of hydrogen-bond donors (Lipinski definition) is 1. The van der Waals surface area contributed by atoms with Gasteiger partial charge in [-0.1, -0.05) is 0 Å². The second-order valence-corrected chi connectivity index (χ2v) is 7.46. The van der Waals surface area contributed by atoms with E-state index in [2.05, 4.69) is 15.2 Å². The minimum atomic E-state index is 0.147. The van der Waals surface area contributed by atoms with Crippen molar-refractivity contribution in [1.82, 2.24) is 15.2 Å². The Kier molecular flexibility index (Phi) is 4.07. The molecule has 23 heavy (non-hydrogen) atoms. The lowest BCUT2D eigenvalue weighted by Crippen LogP contribution is -2.43. The van der Waals surface area contributed by atoms with E-state index in [0.717, 1.165) is 56.1 Å². The smallest absolute Gasteiger partial charge is 0.229 e. The monoisotopic (exact) mass is 334 g/mol. The molecule has 0 aromatic carbocycles. The molecule has 0 spiro atoms. The number of rotatable bonds is 3. The highest BCUT2D eigenvalue weighted by Crippen LogP contribution is 2.30. The first-order chi connectivity index (χ1) is 11.2. The Balaban J connectivity index is 1.45. The van der Waals surface area contributed by atoms with Gasteiger partial charge in [-0.2, -0.15) is 0 Å². The van der Waals surface area contributed by atoms with E-state index in [1.165, 1.54) is 11.3 Å². The largest absolute Gasteiger partial charge is 0.335 e. The second-order valence-electron chi connectivity index (χ2n) is 6.63. The number of thiazole rings is 1. The molecule has 0 saturated carbocycles. The summed E-state index contributed by atoms with van der Waals surface area (Å²) in [7, 11) is 0. The molecule has 2 unspecified atom stereocenters. The van der Waals surface area contributed by atoms with E-state index in [1.807, 2.05) is 5.38 Å². The maximum atomic E-state index is 12.8. The topological polar surface area (TPSA) is 65.5 Å². The number of aromatic nitrogens is 1. The fourth-order valence-electron chi connectivity index (χ4n) is 3.99. The Labute approximate surface area is 139 Å². The van der Waals surface area contributed by atoms with Gasteiger partial charge in [0, 0.05) is 37.0 Å². The predicted octanol–water partition coefficient (Wildman–Crippen LogP) is 1.17. The van der Waals surface area contributed by atoms with Crippen LogP contribution in [-0.2, 0) is 16.0 Å². The molecule has 2 amide bonds. The first-order valence-electron chi connectivity index (χ1n) is 8.49. The van der Waals surface area contributed by atoms with Gasteiger partial charge in [0.2, 0.25) is 11.8 Å². The Bertz CT molecular complexity index is 603. The zero-order valence-corrected chi connectivity index (χ0v) is 14.0. The number of carbonyl (C=O) groups is 2. The van der Waals surface area contributed by atoms with Crippen molar-refractivity contribution in [2.45, 2.75) is 50.6 Å². The van der Waals surface area contributed by atoms with Crippen molar-refractivity contribution in [1.29, 1.82) is 0 Å². The van der Waals surface area contributed by atoms with Gasteiger partial charge >= 0.3 is 0 Å².